The first-order valence-electron chi connectivity index (χ1n) is 7.30. The van der Waals surface area contributed by atoms with Gasteiger partial charge in [0.25, 0.3) is 0 Å². The van der Waals surface area contributed by atoms with Gasteiger partial charge >= 0.3 is 0 Å². The second kappa shape index (κ2) is 6.00. The summed E-state index contributed by atoms with van der Waals surface area (Å²) in [6, 6.07) is 17.9. The van der Waals surface area contributed by atoms with Crippen molar-refractivity contribution in [2.75, 3.05) is 6.61 Å². The molecule has 2 atom stereocenters. The van der Waals surface area contributed by atoms with Crippen molar-refractivity contribution in [2.24, 2.45) is 5.92 Å². The first-order chi connectivity index (χ1) is 10.2. The number of carbonyl (C=O) groups excluding carboxylic acids is 1. The van der Waals surface area contributed by atoms with Crippen molar-refractivity contribution in [3.63, 3.8) is 0 Å². The van der Waals surface area contributed by atoms with Crippen molar-refractivity contribution >= 4 is 5.91 Å². The first-order valence-corrected chi connectivity index (χ1v) is 7.30. The van der Waals surface area contributed by atoms with Crippen molar-refractivity contribution in [3.8, 4) is 5.75 Å². The predicted molar refractivity (Wildman–Crippen MR) is 82.1 cm³/mol. The van der Waals surface area contributed by atoms with Crippen LogP contribution in [0.25, 0.3) is 0 Å². The fraction of sp³-hybridized carbons (Fsp3) is 0.278. The Morgan fingerprint density at radius 3 is 2.67 bits per heavy atom. The van der Waals surface area contributed by atoms with Crippen LogP contribution in [0, 0.1) is 5.92 Å². The van der Waals surface area contributed by atoms with Gasteiger partial charge in [-0.1, -0.05) is 48.5 Å². The molecule has 0 saturated carbocycles. The van der Waals surface area contributed by atoms with E-state index in [1.54, 1.807) is 0 Å². The lowest BCUT2D eigenvalue weighted by Gasteiger charge is -2.26. The van der Waals surface area contributed by atoms with Crippen molar-refractivity contribution in [2.45, 2.75) is 19.4 Å². The number of nitrogens with one attached hydrogen (secondary N) is 1. The molecule has 0 aliphatic carbocycles. The molecule has 0 fully saturated rings. The van der Waals surface area contributed by atoms with Crippen LogP contribution in [0.4, 0.5) is 0 Å². The largest absolute Gasteiger partial charge is 0.492 e. The topological polar surface area (TPSA) is 38.3 Å². The zero-order chi connectivity index (χ0) is 14.7. The zero-order valence-corrected chi connectivity index (χ0v) is 12.1. The van der Waals surface area contributed by atoms with E-state index in [-0.39, 0.29) is 17.9 Å². The van der Waals surface area contributed by atoms with Gasteiger partial charge in [-0.15, -0.1) is 0 Å². The summed E-state index contributed by atoms with van der Waals surface area (Å²) in [5.74, 6) is 0.838. The molecular formula is C18H19NO2. The van der Waals surface area contributed by atoms with E-state index in [2.05, 4.69) is 5.32 Å². The van der Waals surface area contributed by atoms with Crippen molar-refractivity contribution < 1.29 is 9.53 Å². The lowest BCUT2D eigenvalue weighted by molar-refractivity contribution is -0.126. The fourth-order valence-electron chi connectivity index (χ4n) is 2.65. The summed E-state index contributed by atoms with van der Waals surface area (Å²) in [7, 11) is 0. The van der Waals surface area contributed by atoms with Crippen molar-refractivity contribution in [1.29, 1.82) is 0 Å². The number of rotatable bonds is 3. The molecule has 3 rings (SSSR count). The molecule has 1 amide bonds. The molecule has 108 valence electrons. The molecule has 2 aromatic carbocycles. The number of ether oxygens (including phenoxy) is 1. The van der Waals surface area contributed by atoms with Crippen LogP contribution in [0.15, 0.2) is 54.6 Å². The summed E-state index contributed by atoms with van der Waals surface area (Å²) in [6.45, 7) is 2.45. The van der Waals surface area contributed by atoms with Crippen LogP contribution >= 0.6 is 0 Å². The van der Waals surface area contributed by atoms with Crippen LogP contribution in [0.5, 0.6) is 5.75 Å². The van der Waals surface area contributed by atoms with Crippen LogP contribution in [0.1, 0.15) is 24.1 Å². The van der Waals surface area contributed by atoms with E-state index in [4.69, 9.17) is 4.74 Å². The summed E-state index contributed by atoms with van der Waals surface area (Å²) in [4.78, 5) is 12.4. The van der Waals surface area contributed by atoms with E-state index in [0.29, 0.717) is 6.61 Å². The van der Waals surface area contributed by atoms with Gasteiger partial charge in [0.05, 0.1) is 12.0 Å². The number of hydrogen-bond acceptors (Lipinski definition) is 2. The Balaban J connectivity index is 1.65. The van der Waals surface area contributed by atoms with Gasteiger partial charge in [-0.3, -0.25) is 4.79 Å². The highest BCUT2D eigenvalue weighted by Crippen LogP contribution is 2.27. The minimum Gasteiger partial charge on any atom is -0.492 e. The Bertz CT molecular complexity index is 624. The molecule has 0 spiro atoms. The maximum atomic E-state index is 12.4. The molecule has 2 unspecified atom stereocenters. The Hall–Kier alpha value is -2.29. The number of carbonyl (C=O) groups is 1. The third-order valence-electron chi connectivity index (χ3n) is 3.91. The van der Waals surface area contributed by atoms with Crippen LogP contribution in [-0.4, -0.2) is 12.5 Å². The predicted octanol–water partition coefficient (Wildman–Crippen LogP) is 3.12. The van der Waals surface area contributed by atoms with Gasteiger partial charge in [0.2, 0.25) is 5.91 Å². The smallest absolute Gasteiger partial charge is 0.227 e. The van der Waals surface area contributed by atoms with Gasteiger partial charge in [-0.25, -0.2) is 0 Å². The monoisotopic (exact) mass is 281 g/mol. The highest BCUT2D eigenvalue weighted by atomic mass is 16.5. The van der Waals surface area contributed by atoms with E-state index < -0.39 is 0 Å². The number of hydrogen-bond donors (Lipinski definition) is 1. The average Bonchev–Trinajstić information content (AvgIpc) is 2.55. The lowest BCUT2D eigenvalue weighted by Crippen LogP contribution is -2.38. The molecule has 0 radical (unpaired) electrons. The summed E-state index contributed by atoms with van der Waals surface area (Å²) < 4.78 is 5.68. The number of amides is 1. The molecule has 2 aromatic rings. The van der Waals surface area contributed by atoms with Gasteiger partial charge in [-0.2, -0.15) is 0 Å². The summed E-state index contributed by atoms with van der Waals surface area (Å²) in [5, 5.41) is 3.08. The Labute approximate surface area is 124 Å². The molecule has 1 aliphatic heterocycles. The average molecular weight is 281 g/mol. The Kier molecular flexibility index (Phi) is 3.91. The molecule has 0 aromatic heterocycles. The molecule has 0 saturated heterocycles. The number of benzene rings is 2. The third kappa shape index (κ3) is 3.07. The van der Waals surface area contributed by atoms with Gasteiger partial charge in [0, 0.05) is 0 Å². The van der Waals surface area contributed by atoms with Crippen LogP contribution in [0.2, 0.25) is 0 Å². The molecule has 21 heavy (non-hydrogen) atoms. The van der Waals surface area contributed by atoms with E-state index in [9.17, 15) is 4.79 Å². The molecule has 0 bridgehead atoms. The van der Waals surface area contributed by atoms with Gasteiger partial charge in [0.1, 0.15) is 12.4 Å². The summed E-state index contributed by atoms with van der Waals surface area (Å²) in [5.41, 5.74) is 2.22. The minimum absolute atomic E-state index is 0.0101. The van der Waals surface area contributed by atoms with Crippen molar-refractivity contribution in [3.05, 3.63) is 65.7 Å². The number of fused-ring (bicyclic) bond motifs is 1. The van der Waals surface area contributed by atoms with E-state index in [1.165, 1.54) is 0 Å². The minimum atomic E-state index is -0.119. The third-order valence-corrected chi connectivity index (χ3v) is 3.91. The maximum absolute atomic E-state index is 12.4. The fourth-order valence-corrected chi connectivity index (χ4v) is 2.65. The SMILES string of the molecule is CC(NC(=O)C1COc2ccccc2C1)c1ccccc1. The highest BCUT2D eigenvalue weighted by molar-refractivity contribution is 5.80. The van der Waals surface area contributed by atoms with E-state index in [0.717, 1.165) is 23.3 Å². The normalized spacial score (nSPS) is 18.2. The lowest BCUT2D eigenvalue weighted by atomic mass is 9.95. The summed E-state index contributed by atoms with van der Waals surface area (Å²) in [6.07, 6.45) is 0.740. The molecule has 3 heteroatoms. The number of para-hydroxylation sites is 1. The van der Waals surface area contributed by atoms with E-state index in [1.807, 2.05) is 61.5 Å². The standard InChI is InChI=1S/C18H19NO2/c1-13(14-7-3-2-4-8-14)19-18(20)16-11-15-9-5-6-10-17(15)21-12-16/h2-10,13,16H,11-12H2,1H3,(H,19,20). The first kappa shape index (κ1) is 13.7. The molecule has 3 nitrogen and oxygen atoms in total. The molecule has 1 heterocycles. The van der Waals surface area contributed by atoms with Crippen molar-refractivity contribution in [1.82, 2.24) is 5.32 Å². The Morgan fingerprint density at radius 1 is 1.14 bits per heavy atom. The van der Waals surface area contributed by atoms with Crippen LogP contribution in [-0.2, 0) is 11.2 Å². The second-order valence-corrected chi connectivity index (χ2v) is 5.46. The van der Waals surface area contributed by atoms with Gasteiger partial charge in [-0.05, 0) is 30.5 Å². The summed E-state index contributed by atoms with van der Waals surface area (Å²) >= 11 is 0. The molecular weight excluding hydrogens is 262 g/mol. The molecule has 1 aliphatic rings. The van der Waals surface area contributed by atoms with Crippen LogP contribution in [0.3, 0.4) is 0 Å². The Morgan fingerprint density at radius 2 is 1.86 bits per heavy atom. The zero-order valence-electron chi connectivity index (χ0n) is 12.1. The van der Waals surface area contributed by atoms with E-state index >= 15 is 0 Å². The highest BCUT2D eigenvalue weighted by Gasteiger charge is 2.26. The maximum Gasteiger partial charge on any atom is 0.227 e. The van der Waals surface area contributed by atoms with Crippen LogP contribution < -0.4 is 10.1 Å². The molecule has 1 N–H and O–H groups in total. The second-order valence-electron chi connectivity index (χ2n) is 5.46. The van der Waals surface area contributed by atoms with Gasteiger partial charge < -0.3 is 10.1 Å². The van der Waals surface area contributed by atoms with Gasteiger partial charge in [0.15, 0.2) is 0 Å². The quantitative estimate of drug-likeness (QED) is 0.938.